The number of hydrogen-bond donors (Lipinski definition) is 2. The van der Waals surface area contributed by atoms with Crippen LogP contribution in [0.4, 0.5) is 11.5 Å². The minimum atomic E-state index is -0.224. The Labute approximate surface area is 158 Å². The number of nitrogens with zero attached hydrogens (tertiary/aromatic N) is 2. The van der Waals surface area contributed by atoms with Crippen molar-refractivity contribution in [1.29, 1.82) is 0 Å². The first-order valence-electron chi connectivity index (χ1n) is 8.78. The lowest BCUT2D eigenvalue weighted by molar-refractivity contribution is 0.102. The molecular weight excluding hydrogens is 340 g/mol. The average Bonchev–Trinajstić information content (AvgIpc) is 2.68. The van der Waals surface area contributed by atoms with Gasteiger partial charge in [-0.3, -0.25) is 9.78 Å². The summed E-state index contributed by atoms with van der Waals surface area (Å²) < 4.78 is 5.75. The van der Waals surface area contributed by atoms with E-state index in [1.54, 1.807) is 24.5 Å². The van der Waals surface area contributed by atoms with Crippen LogP contribution in [0, 0.1) is 0 Å². The third kappa shape index (κ3) is 5.28. The van der Waals surface area contributed by atoms with Gasteiger partial charge in [0.25, 0.3) is 5.91 Å². The van der Waals surface area contributed by atoms with Crippen LogP contribution in [0.2, 0.25) is 0 Å². The summed E-state index contributed by atoms with van der Waals surface area (Å²) in [7, 11) is 0. The van der Waals surface area contributed by atoms with Crippen molar-refractivity contribution in [2.24, 2.45) is 0 Å². The molecule has 0 saturated carbocycles. The van der Waals surface area contributed by atoms with Crippen LogP contribution < -0.4 is 15.4 Å². The molecule has 6 nitrogen and oxygen atoms in total. The van der Waals surface area contributed by atoms with Gasteiger partial charge in [-0.05, 0) is 50.2 Å². The van der Waals surface area contributed by atoms with Crippen LogP contribution in [0.1, 0.15) is 29.9 Å². The van der Waals surface area contributed by atoms with Crippen LogP contribution in [-0.4, -0.2) is 22.0 Å². The molecule has 0 aliphatic heterocycles. The first-order valence-corrected chi connectivity index (χ1v) is 8.78. The normalized spacial score (nSPS) is 10.5. The van der Waals surface area contributed by atoms with Gasteiger partial charge < -0.3 is 15.4 Å². The Hall–Kier alpha value is -3.41. The largest absolute Gasteiger partial charge is 0.489 e. The number of carbonyl (C=O) groups excluding carboxylic acids is 1. The number of ether oxygens (including phenoxy) is 1. The van der Waals surface area contributed by atoms with Gasteiger partial charge in [-0.2, -0.15) is 0 Å². The van der Waals surface area contributed by atoms with Crippen molar-refractivity contribution < 1.29 is 9.53 Å². The number of aromatic nitrogens is 2. The number of anilines is 2. The number of hydrogen-bond acceptors (Lipinski definition) is 5. The minimum Gasteiger partial charge on any atom is -0.489 e. The van der Waals surface area contributed by atoms with Crippen molar-refractivity contribution >= 4 is 17.4 Å². The monoisotopic (exact) mass is 362 g/mol. The average molecular weight is 362 g/mol. The first-order chi connectivity index (χ1) is 13.1. The van der Waals surface area contributed by atoms with E-state index in [-0.39, 0.29) is 12.0 Å². The van der Waals surface area contributed by atoms with Crippen LogP contribution in [-0.2, 0) is 6.54 Å². The molecule has 138 valence electrons. The molecule has 0 radical (unpaired) electrons. The van der Waals surface area contributed by atoms with Crippen molar-refractivity contribution in [3.8, 4) is 5.75 Å². The highest BCUT2D eigenvalue weighted by atomic mass is 16.5. The van der Waals surface area contributed by atoms with Crippen molar-refractivity contribution in [3.05, 3.63) is 78.2 Å². The van der Waals surface area contributed by atoms with Crippen LogP contribution in [0.25, 0.3) is 0 Å². The second-order valence-corrected chi connectivity index (χ2v) is 6.22. The number of pyridine rings is 2. The molecule has 3 rings (SSSR count). The molecule has 0 saturated heterocycles. The number of amides is 1. The third-order valence-electron chi connectivity index (χ3n) is 3.70. The zero-order chi connectivity index (χ0) is 19.1. The van der Waals surface area contributed by atoms with E-state index in [2.05, 4.69) is 20.6 Å². The van der Waals surface area contributed by atoms with Crippen LogP contribution in [0.3, 0.4) is 0 Å². The fourth-order valence-corrected chi connectivity index (χ4v) is 2.47. The van der Waals surface area contributed by atoms with Gasteiger partial charge in [0.1, 0.15) is 11.6 Å². The van der Waals surface area contributed by atoms with Crippen molar-refractivity contribution in [3.63, 3.8) is 0 Å². The Bertz CT molecular complexity index is 897. The Morgan fingerprint density at radius 2 is 1.85 bits per heavy atom. The zero-order valence-corrected chi connectivity index (χ0v) is 15.3. The Kier molecular flexibility index (Phi) is 5.99. The predicted molar refractivity (Wildman–Crippen MR) is 106 cm³/mol. The van der Waals surface area contributed by atoms with Gasteiger partial charge in [0.05, 0.1) is 24.0 Å². The van der Waals surface area contributed by atoms with Crippen molar-refractivity contribution in [2.75, 3.05) is 10.6 Å². The molecule has 2 aromatic heterocycles. The van der Waals surface area contributed by atoms with Crippen molar-refractivity contribution in [1.82, 2.24) is 9.97 Å². The molecule has 2 heterocycles. The molecule has 6 heteroatoms. The fourth-order valence-electron chi connectivity index (χ4n) is 2.47. The van der Waals surface area contributed by atoms with Gasteiger partial charge in [-0.15, -0.1) is 0 Å². The molecule has 0 fully saturated rings. The highest BCUT2D eigenvalue weighted by Gasteiger charge is 2.11. The highest BCUT2D eigenvalue weighted by molar-refractivity contribution is 6.05. The number of para-hydroxylation sites is 2. The van der Waals surface area contributed by atoms with Gasteiger partial charge in [-0.1, -0.05) is 18.2 Å². The fraction of sp³-hybridized carbons (Fsp3) is 0.190. The number of nitrogens with one attached hydrogen (secondary N) is 2. The van der Waals surface area contributed by atoms with E-state index in [1.165, 1.54) is 0 Å². The second kappa shape index (κ2) is 8.80. The van der Waals surface area contributed by atoms with Crippen LogP contribution in [0.5, 0.6) is 5.75 Å². The van der Waals surface area contributed by atoms with Gasteiger partial charge in [0, 0.05) is 18.0 Å². The molecule has 27 heavy (non-hydrogen) atoms. The van der Waals surface area contributed by atoms with E-state index in [1.807, 2.05) is 56.3 Å². The lowest BCUT2D eigenvalue weighted by atomic mass is 10.2. The molecule has 1 amide bonds. The van der Waals surface area contributed by atoms with Crippen LogP contribution in [0.15, 0.2) is 67.0 Å². The van der Waals surface area contributed by atoms with Gasteiger partial charge in [0.2, 0.25) is 0 Å². The lowest BCUT2D eigenvalue weighted by Gasteiger charge is -2.15. The summed E-state index contributed by atoms with van der Waals surface area (Å²) in [5, 5.41) is 6.08. The summed E-state index contributed by atoms with van der Waals surface area (Å²) in [6.07, 6.45) is 3.36. The number of benzene rings is 1. The maximum absolute atomic E-state index is 12.6. The Morgan fingerprint density at radius 1 is 1.04 bits per heavy atom. The molecule has 0 unspecified atom stereocenters. The Balaban J connectivity index is 1.69. The molecule has 0 spiro atoms. The predicted octanol–water partition coefficient (Wildman–Crippen LogP) is 4.13. The van der Waals surface area contributed by atoms with Crippen molar-refractivity contribution in [2.45, 2.75) is 26.5 Å². The van der Waals surface area contributed by atoms with E-state index in [0.717, 1.165) is 5.69 Å². The topological polar surface area (TPSA) is 76.1 Å². The van der Waals surface area contributed by atoms with E-state index in [9.17, 15) is 4.79 Å². The molecular formula is C21H22N4O2. The maximum atomic E-state index is 12.6. The molecule has 3 aromatic rings. The molecule has 0 aliphatic carbocycles. The van der Waals surface area contributed by atoms with Gasteiger partial charge >= 0.3 is 0 Å². The lowest BCUT2D eigenvalue weighted by Crippen LogP contribution is -2.15. The van der Waals surface area contributed by atoms with E-state index in [0.29, 0.717) is 29.4 Å². The molecule has 1 aromatic carbocycles. The van der Waals surface area contributed by atoms with Gasteiger partial charge in [-0.25, -0.2) is 4.98 Å². The molecule has 0 atom stereocenters. The SMILES string of the molecule is CC(C)Oc1ccccc1NC(=O)c1ccnc(NCc2ccccn2)c1. The molecule has 0 bridgehead atoms. The van der Waals surface area contributed by atoms with E-state index < -0.39 is 0 Å². The number of carbonyl (C=O) groups is 1. The summed E-state index contributed by atoms with van der Waals surface area (Å²) in [6.45, 7) is 4.42. The number of rotatable bonds is 7. The summed E-state index contributed by atoms with van der Waals surface area (Å²) in [5.41, 5.74) is 2.04. The summed E-state index contributed by atoms with van der Waals surface area (Å²) >= 11 is 0. The minimum absolute atomic E-state index is 0.0198. The second-order valence-electron chi connectivity index (χ2n) is 6.22. The van der Waals surface area contributed by atoms with E-state index >= 15 is 0 Å². The third-order valence-corrected chi connectivity index (χ3v) is 3.70. The Morgan fingerprint density at radius 3 is 2.63 bits per heavy atom. The standard InChI is InChI=1S/C21H22N4O2/c1-15(2)27-19-9-4-3-8-18(19)25-21(26)16-10-12-23-20(13-16)24-14-17-7-5-6-11-22-17/h3-13,15H,14H2,1-2H3,(H,23,24)(H,25,26). The molecule has 0 aliphatic rings. The highest BCUT2D eigenvalue weighted by Crippen LogP contribution is 2.25. The first kappa shape index (κ1) is 18.4. The quantitative estimate of drug-likeness (QED) is 0.661. The van der Waals surface area contributed by atoms with Gasteiger partial charge in [0.15, 0.2) is 0 Å². The van der Waals surface area contributed by atoms with E-state index in [4.69, 9.17) is 4.74 Å². The maximum Gasteiger partial charge on any atom is 0.255 e. The van der Waals surface area contributed by atoms with Crippen LogP contribution >= 0.6 is 0 Å². The smallest absolute Gasteiger partial charge is 0.255 e. The molecule has 2 N–H and O–H groups in total. The summed E-state index contributed by atoms with van der Waals surface area (Å²) in [6, 6.07) is 16.5. The summed E-state index contributed by atoms with van der Waals surface area (Å²) in [4.78, 5) is 21.2. The zero-order valence-electron chi connectivity index (χ0n) is 15.3. The summed E-state index contributed by atoms with van der Waals surface area (Å²) in [5.74, 6) is 1.03.